The largest absolute Gasteiger partial charge is 0.453 e. The third-order valence-electron chi connectivity index (χ3n) is 3.72. The fourth-order valence-electron chi connectivity index (χ4n) is 2.51. The van der Waals surface area contributed by atoms with Crippen LogP contribution in [0.15, 0.2) is 65.1 Å². The average molecular weight is 293 g/mol. The third-order valence-corrected chi connectivity index (χ3v) is 3.72. The molecule has 3 rings (SSSR count). The molecular formula is C19H19NO2. The SMILES string of the molecule is CN(CCC(=O)c1cc2ccccc2o1)Cc1ccccc1. The zero-order valence-corrected chi connectivity index (χ0v) is 12.7. The van der Waals surface area contributed by atoms with E-state index in [9.17, 15) is 4.79 Å². The van der Waals surface area contributed by atoms with Crippen LogP contribution < -0.4 is 0 Å². The average Bonchev–Trinajstić information content (AvgIpc) is 2.98. The van der Waals surface area contributed by atoms with Gasteiger partial charge >= 0.3 is 0 Å². The molecular weight excluding hydrogens is 274 g/mol. The highest BCUT2D eigenvalue weighted by atomic mass is 16.3. The number of nitrogens with zero attached hydrogens (tertiary/aromatic N) is 1. The molecule has 0 radical (unpaired) electrons. The molecule has 0 unspecified atom stereocenters. The maximum atomic E-state index is 12.3. The van der Waals surface area contributed by atoms with E-state index in [1.807, 2.05) is 55.6 Å². The van der Waals surface area contributed by atoms with Crippen molar-refractivity contribution in [3.05, 3.63) is 72.0 Å². The van der Waals surface area contributed by atoms with Crippen molar-refractivity contribution in [3.63, 3.8) is 0 Å². The van der Waals surface area contributed by atoms with Gasteiger partial charge in [-0.05, 0) is 24.7 Å². The van der Waals surface area contributed by atoms with Gasteiger partial charge in [-0.25, -0.2) is 0 Å². The molecule has 2 aromatic carbocycles. The van der Waals surface area contributed by atoms with Gasteiger partial charge in [0.25, 0.3) is 0 Å². The smallest absolute Gasteiger partial charge is 0.199 e. The zero-order valence-electron chi connectivity index (χ0n) is 12.7. The van der Waals surface area contributed by atoms with Crippen LogP contribution in [-0.2, 0) is 6.54 Å². The van der Waals surface area contributed by atoms with Crippen molar-refractivity contribution < 1.29 is 9.21 Å². The Morgan fingerprint density at radius 3 is 2.55 bits per heavy atom. The standard InChI is InChI=1S/C19H19NO2/c1-20(14-15-7-3-2-4-8-15)12-11-17(21)19-13-16-9-5-6-10-18(16)22-19/h2-10,13H,11-12,14H2,1H3. The van der Waals surface area contributed by atoms with E-state index in [0.29, 0.717) is 18.7 Å². The van der Waals surface area contributed by atoms with Gasteiger partial charge in [0.1, 0.15) is 5.58 Å². The molecule has 0 fully saturated rings. The fourth-order valence-corrected chi connectivity index (χ4v) is 2.51. The van der Waals surface area contributed by atoms with Crippen LogP contribution in [0.1, 0.15) is 22.5 Å². The molecule has 0 N–H and O–H groups in total. The highest BCUT2D eigenvalue weighted by Gasteiger charge is 2.13. The molecule has 0 amide bonds. The third kappa shape index (κ3) is 3.43. The predicted molar refractivity (Wildman–Crippen MR) is 87.9 cm³/mol. The fraction of sp³-hybridized carbons (Fsp3) is 0.211. The van der Waals surface area contributed by atoms with E-state index in [-0.39, 0.29) is 5.78 Å². The lowest BCUT2D eigenvalue weighted by Gasteiger charge is -2.15. The number of rotatable bonds is 6. The molecule has 0 saturated heterocycles. The first-order chi connectivity index (χ1) is 10.7. The van der Waals surface area contributed by atoms with Gasteiger partial charge in [0, 0.05) is 24.9 Å². The van der Waals surface area contributed by atoms with Crippen molar-refractivity contribution in [2.45, 2.75) is 13.0 Å². The molecule has 0 spiro atoms. The zero-order chi connectivity index (χ0) is 15.4. The van der Waals surface area contributed by atoms with Gasteiger partial charge < -0.3 is 9.32 Å². The van der Waals surface area contributed by atoms with Crippen LogP contribution in [0.5, 0.6) is 0 Å². The van der Waals surface area contributed by atoms with Crippen LogP contribution in [0.2, 0.25) is 0 Å². The maximum Gasteiger partial charge on any atom is 0.199 e. The highest BCUT2D eigenvalue weighted by Crippen LogP contribution is 2.20. The number of furan rings is 1. The minimum Gasteiger partial charge on any atom is -0.453 e. The van der Waals surface area contributed by atoms with Gasteiger partial charge in [-0.15, -0.1) is 0 Å². The number of carbonyl (C=O) groups is 1. The van der Waals surface area contributed by atoms with Crippen LogP contribution >= 0.6 is 0 Å². The Morgan fingerprint density at radius 1 is 1.05 bits per heavy atom. The van der Waals surface area contributed by atoms with Crippen LogP contribution in [0, 0.1) is 0 Å². The summed E-state index contributed by atoms with van der Waals surface area (Å²) in [4.78, 5) is 14.4. The van der Waals surface area contributed by atoms with Crippen LogP contribution in [0.25, 0.3) is 11.0 Å². The van der Waals surface area contributed by atoms with Gasteiger partial charge in [-0.2, -0.15) is 0 Å². The van der Waals surface area contributed by atoms with Crippen molar-refractivity contribution in [1.29, 1.82) is 0 Å². The van der Waals surface area contributed by atoms with Crippen molar-refractivity contribution in [2.24, 2.45) is 0 Å². The number of hydrogen-bond acceptors (Lipinski definition) is 3. The molecule has 0 atom stereocenters. The van der Waals surface area contributed by atoms with Crippen molar-refractivity contribution in [2.75, 3.05) is 13.6 Å². The topological polar surface area (TPSA) is 33.5 Å². The van der Waals surface area contributed by atoms with E-state index in [1.165, 1.54) is 5.56 Å². The molecule has 1 aromatic heterocycles. The molecule has 0 saturated carbocycles. The van der Waals surface area contributed by atoms with Gasteiger partial charge in [0.15, 0.2) is 11.5 Å². The van der Waals surface area contributed by atoms with E-state index in [1.54, 1.807) is 0 Å². The quantitative estimate of drug-likeness (QED) is 0.640. The molecule has 3 aromatic rings. The highest BCUT2D eigenvalue weighted by molar-refractivity contribution is 5.97. The Bertz CT molecular complexity index is 728. The van der Waals surface area contributed by atoms with Crippen LogP contribution in [0.3, 0.4) is 0 Å². The first-order valence-electron chi connectivity index (χ1n) is 7.46. The molecule has 112 valence electrons. The summed E-state index contributed by atoms with van der Waals surface area (Å²) in [6.45, 7) is 1.55. The number of para-hydroxylation sites is 1. The van der Waals surface area contributed by atoms with Gasteiger partial charge in [-0.3, -0.25) is 4.79 Å². The Hall–Kier alpha value is -2.39. The lowest BCUT2D eigenvalue weighted by molar-refractivity contribution is 0.0943. The summed E-state index contributed by atoms with van der Waals surface area (Å²) in [5, 5.41) is 0.975. The van der Waals surface area contributed by atoms with Gasteiger partial charge in [0.05, 0.1) is 0 Å². The second kappa shape index (κ2) is 6.58. The van der Waals surface area contributed by atoms with Gasteiger partial charge in [0.2, 0.25) is 0 Å². The van der Waals surface area contributed by atoms with E-state index in [4.69, 9.17) is 4.42 Å². The van der Waals surface area contributed by atoms with Crippen molar-refractivity contribution in [3.8, 4) is 0 Å². The number of Topliss-reactive ketones (excluding diaryl/α,β-unsaturated/α-hetero) is 1. The first-order valence-corrected chi connectivity index (χ1v) is 7.46. The number of hydrogen-bond donors (Lipinski definition) is 0. The molecule has 0 aliphatic rings. The summed E-state index contributed by atoms with van der Waals surface area (Å²) < 4.78 is 5.61. The Morgan fingerprint density at radius 2 is 1.77 bits per heavy atom. The van der Waals surface area contributed by atoms with Crippen molar-refractivity contribution >= 4 is 16.8 Å². The minimum atomic E-state index is 0.0520. The summed E-state index contributed by atoms with van der Waals surface area (Å²) in [5.41, 5.74) is 2.02. The van der Waals surface area contributed by atoms with E-state index in [0.717, 1.165) is 17.5 Å². The maximum absolute atomic E-state index is 12.3. The molecule has 0 bridgehead atoms. The number of carbonyl (C=O) groups excluding carboxylic acids is 1. The van der Waals surface area contributed by atoms with Crippen LogP contribution in [-0.4, -0.2) is 24.3 Å². The lowest BCUT2D eigenvalue weighted by Crippen LogP contribution is -2.21. The molecule has 22 heavy (non-hydrogen) atoms. The Labute approximate surface area is 130 Å². The molecule has 3 nitrogen and oxygen atoms in total. The Balaban J connectivity index is 1.57. The van der Waals surface area contributed by atoms with Gasteiger partial charge in [-0.1, -0.05) is 48.5 Å². The summed E-state index contributed by atoms with van der Waals surface area (Å²) in [7, 11) is 2.03. The Kier molecular flexibility index (Phi) is 4.35. The van der Waals surface area contributed by atoms with E-state index < -0.39 is 0 Å². The van der Waals surface area contributed by atoms with Crippen molar-refractivity contribution in [1.82, 2.24) is 4.90 Å². The predicted octanol–water partition coefficient (Wildman–Crippen LogP) is 4.14. The number of ketones is 1. The number of fused-ring (bicyclic) bond motifs is 1. The van der Waals surface area contributed by atoms with Crippen LogP contribution in [0.4, 0.5) is 0 Å². The summed E-state index contributed by atoms with van der Waals surface area (Å²) in [6, 6.07) is 19.8. The second-order valence-corrected chi connectivity index (χ2v) is 5.55. The first kappa shape index (κ1) is 14.5. The van der Waals surface area contributed by atoms with E-state index in [2.05, 4.69) is 17.0 Å². The molecule has 3 heteroatoms. The molecule has 1 heterocycles. The summed E-state index contributed by atoms with van der Waals surface area (Å²) >= 11 is 0. The summed E-state index contributed by atoms with van der Waals surface area (Å²) in [5.74, 6) is 0.505. The number of benzene rings is 2. The molecule has 0 aliphatic heterocycles. The lowest BCUT2D eigenvalue weighted by atomic mass is 10.2. The minimum absolute atomic E-state index is 0.0520. The monoisotopic (exact) mass is 293 g/mol. The summed E-state index contributed by atoms with van der Waals surface area (Å²) in [6.07, 6.45) is 0.461. The molecule has 0 aliphatic carbocycles. The van der Waals surface area contributed by atoms with E-state index >= 15 is 0 Å². The normalized spacial score (nSPS) is 11.2. The second-order valence-electron chi connectivity index (χ2n) is 5.55.